The fourth-order valence-electron chi connectivity index (χ4n) is 0.418. The van der Waals surface area contributed by atoms with Gasteiger partial charge in [-0.25, -0.2) is 4.98 Å². The molecule has 1 N–H and O–H groups in total. The monoisotopic (exact) mass is 176 g/mol. The van der Waals surface area contributed by atoms with Crippen molar-refractivity contribution in [2.75, 3.05) is 5.75 Å². The van der Waals surface area contributed by atoms with Gasteiger partial charge < -0.3 is 5.11 Å². The summed E-state index contributed by atoms with van der Waals surface area (Å²) in [5.74, 6) is 0.690. The molecule has 0 aromatic carbocycles. The van der Waals surface area contributed by atoms with Crippen molar-refractivity contribution in [3.05, 3.63) is 6.33 Å². The zero-order chi connectivity index (χ0) is 7.40. The first-order valence-electron chi connectivity index (χ1n) is 2.86. The molecule has 0 amide bonds. The minimum absolute atomic E-state index is 0.270. The van der Waals surface area contributed by atoms with Crippen molar-refractivity contribution < 1.29 is 5.11 Å². The van der Waals surface area contributed by atoms with Crippen molar-refractivity contribution in [2.45, 2.75) is 17.4 Å². The fraction of sp³-hybridized carbons (Fsp3) is 0.600. The highest BCUT2D eigenvalue weighted by Crippen LogP contribution is 2.18. The molecule has 56 valence electrons. The number of rotatable bonds is 3. The van der Waals surface area contributed by atoms with Crippen molar-refractivity contribution in [1.29, 1.82) is 0 Å². The maximum absolute atomic E-state index is 8.89. The molecule has 1 heterocycles. The zero-order valence-electron chi connectivity index (χ0n) is 5.52. The zero-order valence-corrected chi connectivity index (χ0v) is 7.15. The topological polar surface area (TPSA) is 46.0 Å². The van der Waals surface area contributed by atoms with Gasteiger partial charge in [-0.2, -0.15) is 4.37 Å². The quantitative estimate of drug-likeness (QED) is 0.698. The summed E-state index contributed by atoms with van der Waals surface area (Å²) in [6, 6.07) is 0. The minimum Gasteiger partial charge on any atom is -0.393 e. The number of hydrogen-bond acceptors (Lipinski definition) is 5. The lowest BCUT2D eigenvalue weighted by Gasteiger charge is -1.98. The van der Waals surface area contributed by atoms with Gasteiger partial charge in [-0.1, -0.05) is 11.8 Å². The average Bonchev–Trinajstić information content (AvgIpc) is 2.34. The van der Waals surface area contributed by atoms with Crippen molar-refractivity contribution in [3.63, 3.8) is 0 Å². The van der Waals surface area contributed by atoms with Crippen LogP contribution < -0.4 is 0 Å². The second kappa shape index (κ2) is 3.90. The third-order valence-corrected chi connectivity index (χ3v) is 2.83. The van der Waals surface area contributed by atoms with Crippen LogP contribution in [0.4, 0.5) is 0 Å². The molecule has 0 radical (unpaired) electrons. The molecule has 0 aliphatic rings. The molecule has 0 saturated heterocycles. The van der Waals surface area contributed by atoms with E-state index in [-0.39, 0.29) is 6.10 Å². The summed E-state index contributed by atoms with van der Waals surface area (Å²) < 4.78 is 4.75. The number of hydrogen-bond donors (Lipinski definition) is 1. The van der Waals surface area contributed by atoms with E-state index in [9.17, 15) is 0 Å². The van der Waals surface area contributed by atoms with Crippen LogP contribution in [-0.2, 0) is 0 Å². The maximum atomic E-state index is 8.89. The first kappa shape index (κ1) is 7.97. The Morgan fingerprint density at radius 1 is 1.90 bits per heavy atom. The van der Waals surface area contributed by atoms with E-state index in [1.54, 1.807) is 6.92 Å². The molecular formula is C5H8N2OS2. The van der Waals surface area contributed by atoms with Gasteiger partial charge in [0.25, 0.3) is 0 Å². The van der Waals surface area contributed by atoms with Crippen molar-refractivity contribution in [3.8, 4) is 0 Å². The van der Waals surface area contributed by atoms with Crippen LogP contribution in [0.2, 0.25) is 0 Å². The Balaban J connectivity index is 2.28. The fourth-order valence-corrected chi connectivity index (χ4v) is 1.75. The van der Waals surface area contributed by atoms with E-state index in [4.69, 9.17) is 5.11 Å². The van der Waals surface area contributed by atoms with Crippen LogP contribution in [0.3, 0.4) is 0 Å². The molecule has 0 bridgehead atoms. The van der Waals surface area contributed by atoms with Crippen LogP contribution in [0.15, 0.2) is 10.7 Å². The third kappa shape index (κ3) is 2.64. The smallest absolute Gasteiger partial charge is 0.169 e. The largest absolute Gasteiger partial charge is 0.393 e. The lowest BCUT2D eigenvalue weighted by Crippen LogP contribution is -2.01. The molecule has 0 spiro atoms. The van der Waals surface area contributed by atoms with Crippen LogP contribution in [0, 0.1) is 0 Å². The highest BCUT2D eigenvalue weighted by atomic mass is 32.2. The Kier molecular flexibility index (Phi) is 3.11. The van der Waals surface area contributed by atoms with Crippen LogP contribution in [0.5, 0.6) is 0 Å². The molecular weight excluding hydrogens is 168 g/mol. The normalized spacial score (nSPS) is 13.4. The lowest BCUT2D eigenvalue weighted by atomic mass is 10.5. The summed E-state index contributed by atoms with van der Waals surface area (Å²) >= 11 is 2.89. The number of aliphatic hydroxyl groups is 1. The van der Waals surface area contributed by atoms with Gasteiger partial charge in [0.15, 0.2) is 4.34 Å². The number of nitrogens with zero attached hydrogens (tertiary/aromatic N) is 2. The summed E-state index contributed by atoms with van der Waals surface area (Å²) in [7, 11) is 0. The van der Waals surface area contributed by atoms with Gasteiger partial charge in [0, 0.05) is 5.75 Å². The van der Waals surface area contributed by atoms with E-state index in [0.29, 0.717) is 5.75 Å². The van der Waals surface area contributed by atoms with E-state index in [2.05, 4.69) is 9.36 Å². The van der Waals surface area contributed by atoms with Gasteiger partial charge in [0.05, 0.1) is 6.10 Å². The Morgan fingerprint density at radius 3 is 3.20 bits per heavy atom. The summed E-state index contributed by atoms with van der Waals surface area (Å²) in [5.41, 5.74) is 0. The molecule has 1 aromatic heterocycles. The number of aromatic nitrogens is 2. The van der Waals surface area contributed by atoms with Crippen molar-refractivity contribution in [1.82, 2.24) is 9.36 Å². The Hall–Kier alpha value is -0.130. The molecule has 3 nitrogen and oxygen atoms in total. The highest BCUT2D eigenvalue weighted by molar-refractivity contribution is 8.00. The molecule has 1 rings (SSSR count). The molecule has 0 aliphatic heterocycles. The van der Waals surface area contributed by atoms with Crippen molar-refractivity contribution in [2.24, 2.45) is 0 Å². The average molecular weight is 176 g/mol. The summed E-state index contributed by atoms with van der Waals surface area (Å²) in [6.07, 6.45) is 1.25. The minimum atomic E-state index is -0.270. The molecule has 1 aromatic rings. The predicted octanol–water partition coefficient (Wildman–Crippen LogP) is 1.01. The van der Waals surface area contributed by atoms with E-state index >= 15 is 0 Å². The van der Waals surface area contributed by atoms with Gasteiger partial charge in [0.2, 0.25) is 0 Å². The van der Waals surface area contributed by atoms with E-state index < -0.39 is 0 Å². The van der Waals surface area contributed by atoms with Crippen molar-refractivity contribution >= 4 is 23.3 Å². The van der Waals surface area contributed by atoms with E-state index in [0.717, 1.165) is 4.34 Å². The van der Waals surface area contributed by atoms with Crippen LogP contribution >= 0.6 is 23.3 Å². The van der Waals surface area contributed by atoms with Gasteiger partial charge in [0.1, 0.15) is 6.33 Å². The summed E-state index contributed by atoms with van der Waals surface area (Å²) in [4.78, 5) is 3.95. The van der Waals surface area contributed by atoms with Gasteiger partial charge >= 0.3 is 0 Å². The maximum Gasteiger partial charge on any atom is 0.169 e. The van der Waals surface area contributed by atoms with Gasteiger partial charge in [-0.05, 0) is 18.5 Å². The Bertz CT molecular complexity index is 176. The standard InChI is InChI=1S/C5H8N2OS2/c1-4(8)2-9-5-6-3-7-10-5/h3-4,8H,2H2,1H3/t4-/m0/s1. The van der Waals surface area contributed by atoms with Crippen LogP contribution in [0.25, 0.3) is 0 Å². The molecule has 10 heavy (non-hydrogen) atoms. The van der Waals surface area contributed by atoms with Crippen LogP contribution in [-0.4, -0.2) is 26.3 Å². The molecule has 0 saturated carbocycles. The molecule has 0 fully saturated rings. The van der Waals surface area contributed by atoms with Crippen LogP contribution in [0.1, 0.15) is 6.92 Å². The lowest BCUT2D eigenvalue weighted by molar-refractivity contribution is 0.220. The summed E-state index contributed by atoms with van der Waals surface area (Å²) in [5, 5.41) is 8.89. The van der Waals surface area contributed by atoms with E-state index in [1.165, 1.54) is 29.6 Å². The predicted molar refractivity (Wildman–Crippen MR) is 42.3 cm³/mol. The second-order valence-electron chi connectivity index (χ2n) is 1.87. The first-order chi connectivity index (χ1) is 4.79. The Labute approximate surface area is 67.7 Å². The molecule has 0 unspecified atom stereocenters. The number of thioether (sulfide) groups is 1. The third-order valence-electron chi connectivity index (χ3n) is 0.789. The Morgan fingerprint density at radius 2 is 2.70 bits per heavy atom. The molecule has 0 aliphatic carbocycles. The second-order valence-corrected chi connectivity index (χ2v) is 3.91. The first-order valence-corrected chi connectivity index (χ1v) is 4.62. The van der Waals surface area contributed by atoms with Gasteiger partial charge in [-0.3, -0.25) is 0 Å². The van der Waals surface area contributed by atoms with Gasteiger partial charge in [-0.15, -0.1) is 0 Å². The summed E-state index contributed by atoms with van der Waals surface area (Å²) in [6.45, 7) is 1.76. The van der Waals surface area contributed by atoms with E-state index in [1.807, 2.05) is 0 Å². The SMILES string of the molecule is C[C@H](O)CSc1ncns1. The molecule has 1 atom stereocenters. The molecule has 5 heteroatoms. The highest BCUT2D eigenvalue weighted by Gasteiger charge is 1.99. The number of aliphatic hydroxyl groups excluding tert-OH is 1.